The van der Waals surface area contributed by atoms with Gasteiger partial charge >= 0.3 is 0 Å². The molecule has 0 aliphatic heterocycles. The molecule has 2 aliphatic carbocycles. The van der Waals surface area contributed by atoms with E-state index >= 15 is 0 Å². The zero-order chi connectivity index (χ0) is 12.4. The van der Waals surface area contributed by atoms with Crippen LogP contribution < -0.4 is 0 Å². The molecular formula is C16H30O. The first-order valence-corrected chi connectivity index (χ1v) is 7.71. The van der Waals surface area contributed by atoms with Crippen molar-refractivity contribution in [3.8, 4) is 0 Å². The number of hydrogen-bond donors (Lipinski definition) is 0. The lowest BCUT2D eigenvalue weighted by Crippen LogP contribution is -2.34. The van der Waals surface area contributed by atoms with E-state index in [1.807, 2.05) is 0 Å². The standard InChI is InChI=1S/C16H30O/c1-11-5-7-15(9-13(11)3)17-16-8-6-12(2)14(4)10-16/h11-16H,5-10H2,1-4H3. The van der Waals surface area contributed by atoms with Gasteiger partial charge in [0, 0.05) is 0 Å². The molecule has 0 N–H and O–H groups in total. The predicted octanol–water partition coefficient (Wildman–Crippen LogP) is 4.65. The van der Waals surface area contributed by atoms with E-state index in [9.17, 15) is 0 Å². The van der Waals surface area contributed by atoms with Gasteiger partial charge in [-0.05, 0) is 62.2 Å². The Bertz CT molecular complexity index is 214. The maximum atomic E-state index is 6.37. The molecule has 2 rings (SSSR count). The SMILES string of the molecule is CC1CCC(OC2CCC(C)C(C)C2)CC1C. The summed E-state index contributed by atoms with van der Waals surface area (Å²) in [6, 6.07) is 0. The van der Waals surface area contributed by atoms with Crippen molar-refractivity contribution in [2.24, 2.45) is 23.7 Å². The smallest absolute Gasteiger partial charge is 0.0581 e. The van der Waals surface area contributed by atoms with Crippen molar-refractivity contribution in [3.63, 3.8) is 0 Å². The minimum absolute atomic E-state index is 0.562. The van der Waals surface area contributed by atoms with E-state index in [2.05, 4.69) is 27.7 Å². The summed E-state index contributed by atoms with van der Waals surface area (Å²) in [4.78, 5) is 0. The summed E-state index contributed by atoms with van der Waals surface area (Å²) in [5.74, 6) is 3.52. The van der Waals surface area contributed by atoms with Crippen molar-refractivity contribution < 1.29 is 4.74 Å². The fourth-order valence-electron chi connectivity index (χ4n) is 3.52. The first-order chi connectivity index (χ1) is 8.06. The van der Waals surface area contributed by atoms with Crippen LogP contribution >= 0.6 is 0 Å². The van der Waals surface area contributed by atoms with Gasteiger partial charge in [0.05, 0.1) is 12.2 Å². The molecule has 0 aromatic rings. The zero-order valence-corrected chi connectivity index (χ0v) is 12.1. The Labute approximate surface area is 107 Å². The second-order valence-corrected chi connectivity index (χ2v) is 6.92. The Balaban J connectivity index is 1.78. The van der Waals surface area contributed by atoms with E-state index in [-0.39, 0.29) is 0 Å². The third-order valence-corrected chi connectivity index (χ3v) is 5.49. The van der Waals surface area contributed by atoms with E-state index in [0.29, 0.717) is 12.2 Å². The highest BCUT2D eigenvalue weighted by Gasteiger charge is 2.30. The number of rotatable bonds is 2. The van der Waals surface area contributed by atoms with Gasteiger partial charge in [0.15, 0.2) is 0 Å². The van der Waals surface area contributed by atoms with E-state index in [4.69, 9.17) is 4.74 Å². The number of hydrogen-bond acceptors (Lipinski definition) is 1. The van der Waals surface area contributed by atoms with Crippen molar-refractivity contribution in [1.29, 1.82) is 0 Å². The third kappa shape index (κ3) is 3.47. The van der Waals surface area contributed by atoms with Crippen molar-refractivity contribution in [2.45, 2.75) is 78.4 Å². The summed E-state index contributed by atoms with van der Waals surface area (Å²) < 4.78 is 6.37. The Morgan fingerprint density at radius 3 is 1.35 bits per heavy atom. The quantitative estimate of drug-likeness (QED) is 0.680. The van der Waals surface area contributed by atoms with Gasteiger partial charge in [0.2, 0.25) is 0 Å². The largest absolute Gasteiger partial charge is 0.375 e. The van der Waals surface area contributed by atoms with Gasteiger partial charge in [-0.15, -0.1) is 0 Å². The molecule has 1 nitrogen and oxygen atoms in total. The molecule has 0 aromatic heterocycles. The van der Waals surface area contributed by atoms with Gasteiger partial charge in [0.1, 0.15) is 0 Å². The van der Waals surface area contributed by atoms with Crippen LogP contribution in [-0.2, 0) is 4.74 Å². The second-order valence-electron chi connectivity index (χ2n) is 6.92. The molecule has 6 unspecified atom stereocenters. The lowest BCUT2D eigenvalue weighted by molar-refractivity contribution is -0.0731. The molecule has 0 saturated heterocycles. The highest BCUT2D eigenvalue weighted by atomic mass is 16.5. The van der Waals surface area contributed by atoms with Crippen molar-refractivity contribution in [1.82, 2.24) is 0 Å². The van der Waals surface area contributed by atoms with Crippen LogP contribution in [0.4, 0.5) is 0 Å². The van der Waals surface area contributed by atoms with E-state index in [0.717, 1.165) is 23.7 Å². The van der Waals surface area contributed by atoms with Gasteiger partial charge in [-0.2, -0.15) is 0 Å². The summed E-state index contributed by atoms with van der Waals surface area (Å²) in [5, 5.41) is 0. The molecule has 0 amide bonds. The Kier molecular flexibility index (Phi) is 4.52. The average Bonchev–Trinajstić information content (AvgIpc) is 2.29. The molecule has 100 valence electrons. The van der Waals surface area contributed by atoms with Crippen LogP contribution in [0.25, 0.3) is 0 Å². The summed E-state index contributed by atoms with van der Waals surface area (Å²) >= 11 is 0. The summed E-state index contributed by atoms with van der Waals surface area (Å²) in [6.07, 6.45) is 9.04. The molecule has 0 bridgehead atoms. The van der Waals surface area contributed by atoms with Crippen LogP contribution in [0.2, 0.25) is 0 Å². The normalized spacial score (nSPS) is 48.0. The van der Waals surface area contributed by atoms with Gasteiger partial charge < -0.3 is 4.74 Å². The second kappa shape index (κ2) is 5.73. The highest BCUT2D eigenvalue weighted by molar-refractivity contribution is 4.80. The first-order valence-electron chi connectivity index (χ1n) is 7.71. The Morgan fingerprint density at radius 2 is 1.00 bits per heavy atom. The molecule has 6 atom stereocenters. The van der Waals surface area contributed by atoms with Crippen LogP contribution in [-0.4, -0.2) is 12.2 Å². The van der Waals surface area contributed by atoms with Crippen LogP contribution in [0, 0.1) is 23.7 Å². The zero-order valence-electron chi connectivity index (χ0n) is 12.1. The van der Waals surface area contributed by atoms with Gasteiger partial charge in [-0.25, -0.2) is 0 Å². The molecule has 1 heteroatoms. The summed E-state index contributed by atoms with van der Waals surface area (Å²) in [7, 11) is 0. The molecule has 0 radical (unpaired) electrons. The molecule has 0 spiro atoms. The Hall–Kier alpha value is -0.0400. The van der Waals surface area contributed by atoms with Crippen molar-refractivity contribution in [3.05, 3.63) is 0 Å². The number of ether oxygens (including phenoxy) is 1. The van der Waals surface area contributed by atoms with Crippen LogP contribution in [0.1, 0.15) is 66.2 Å². The van der Waals surface area contributed by atoms with Gasteiger partial charge in [0.25, 0.3) is 0 Å². The molecular weight excluding hydrogens is 208 g/mol. The molecule has 2 saturated carbocycles. The molecule has 2 fully saturated rings. The molecule has 2 aliphatic rings. The fourth-order valence-corrected chi connectivity index (χ4v) is 3.52. The predicted molar refractivity (Wildman–Crippen MR) is 73.0 cm³/mol. The maximum absolute atomic E-state index is 6.37. The topological polar surface area (TPSA) is 9.23 Å². The minimum Gasteiger partial charge on any atom is -0.375 e. The van der Waals surface area contributed by atoms with E-state index in [1.54, 1.807) is 0 Å². The average molecular weight is 238 g/mol. The van der Waals surface area contributed by atoms with E-state index in [1.165, 1.54) is 38.5 Å². The van der Waals surface area contributed by atoms with Crippen molar-refractivity contribution >= 4 is 0 Å². The van der Waals surface area contributed by atoms with E-state index < -0.39 is 0 Å². The monoisotopic (exact) mass is 238 g/mol. The summed E-state index contributed by atoms with van der Waals surface area (Å²) in [6.45, 7) is 9.58. The lowest BCUT2D eigenvalue weighted by Gasteiger charge is -2.38. The third-order valence-electron chi connectivity index (χ3n) is 5.49. The van der Waals surface area contributed by atoms with Crippen LogP contribution in [0.5, 0.6) is 0 Å². The molecule has 0 heterocycles. The van der Waals surface area contributed by atoms with Crippen molar-refractivity contribution in [2.75, 3.05) is 0 Å². The van der Waals surface area contributed by atoms with Crippen LogP contribution in [0.3, 0.4) is 0 Å². The van der Waals surface area contributed by atoms with Crippen LogP contribution in [0.15, 0.2) is 0 Å². The first kappa shape index (κ1) is 13.4. The maximum Gasteiger partial charge on any atom is 0.0581 e. The molecule has 0 aromatic carbocycles. The minimum atomic E-state index is 0.562. The lowest BCUT2D eigenvalue weighted by atomic mass is 9.78. The summed E-state index contributed by atoms with van der Waals surface area (Å²) in [5.41, 5.74) is 0. The van der Waals surface area contributed by atoms with Gasteiger partial charge in [-0.3, -0.25) is 0 Å². The highest BCUT2D eigenvalue weighted by Crippen LogP contribution is 2.35. The van der Waals surface area contributed by atoms with Gasteiger partial charge in [-0.1, -0.05) is 27.7 Å². The molecule has 17 heavy (non-hydrogen) atoms. The fraction of sp³-hybridized carbons (Fsp3) is 1.00. The Morgan fingerprint density at radius 1 is 0.588 bits per heavy atom.